The Kier molecular flexibility index (Phi) is 6.90. The third-order valence-electron chi connectivity index (χ3n) is 5.07. The van der Waals surface area contributed by atoms with E-state index in [9.17, 15) is 13.2 Å². The van der Waals surface area contributed by atoms with Crippen molar-refractivity contribution in [2.45, 2.75) is 24.0 Å². The molecule has 2 aromatic carbocycles. The van der Waals surface area contributed by atoms with Gasteiger partial charge >= 0.3 is 0 Å². The van der Waals surface area contributed by atoms with Crippen LogP contribution in [0.4, 0.5) is 5.69 Å². The van der Waals surface area contributed by atoms with Crippen LogP contribution in [0.2, 0.25) is 0 Å². The molecule has 0 aliphatic rings. The summed E-state index contributed by atoms with van der Waals surface area (Å²) in [7, 11) is -3.66. The zero-order valence-corrected chi connectivity index (χ0v) is 19.7. The largest absolute Gasteiger partial charge is 0.352 e. The Balaban J connectivity index is 1.31. The van der Waals surface area contributed by atoms with Crippen molar-refractivity contribution in [3.05, 3.63) is 95.1 Å². The van der Waals surface area contributed by atoms with Gasteiger partial charge in [-0.2, -0.15) is 5.10 Å². The number of para-hydroxylation sites is 1. The summed E-state index contributed by atoms with van der Waals surface area (Å²) in [4.78, 5) is 12.6. The number of nitrogens with zero attached hydrogens (tertiary/aromatic N) is 2. The fraction of sp³-hybridized carbons (Fsp3) is 0.167. The van der Waals surface area contributed by atoms with E-state index in [0.717, 1.165) is 41.1 Å². The Bertz CT molecular complexity index is 1330. The van der Waals surface area contributed by atoms with Crippen molar-refractivity contribution in [3.8, 4) is 5.69 Å². The molecular weight excluding hydrogens is 456 g/mol. The molecule has 2 aromatic heterocycles. The topological polar surface area (TPSA) is 93.1 Å². The summed E-state index contributed by atoms with van der Waals surface area (Å²) in [6.07, 6.45) is 3.58. The van der Waals surface area contributed by atoms with Gasteiger partial charge in [-0.15, -0.1) is 11.3 Å². The number of carbonyl (C=O) groups is 1. The minimum Gasteiger partial charge on any atom is -0.352 e. The maximum absolute atomic E-state index is 12.6. The van der Waals surface area contributed by atoms with Gasteiger partial charge in [0, 0.05) is 24.0 Å². The average Bonchev–Trinajstić information content (AvgIpc) is 3.48. The molecule has 1 amide bonds. The van der Waals surface area contributed by atoms with Gasteiger partial charge in [-0.25, -0.2) is 13.1 Å². The summed E-state index contributed by atoms with van der Waals surface area (Å²) in [6.45, 7) is 2.48. The molecule has 0 radical (unpaired) electrons. The fourth-order valence-corrected chi connectivity index (χ4v) is 5.43. The molecule has 4 aromatic rings. The van der Waals surface area contributed by atoms with E-state index in [1.165, 1.54) is 12.1 Å². The number of aryl methyl sites for hydroxylation is 2. The number of rotatable bonds is 9. The number of benzene rings is 2. The number of sulfonamides is 1. The van der Waals surface area contributed by atoms with E-state index in [-0.39, 0.29) is 10.1 Å². The lowest BCUT2D eigenvalue weighted by Gasteiger charge is -2.09. The van der Waals surface area contributed by atoms with Crippen molar-refractivity contribution < 1.29 is 13.2 Å². The van der Waals surface area contributed by atoms with E-state index in [4.69, 9.17) is 0 Å². The monoisotopic (exact) mass is 480 g/mol. The number of hydrogen-bond acceptors (Lipinski definition) is 5. The molecule has 0 saturated carbocycles. The fourth-order valence-electron chi connectivity index (χ4n) is 3.38. The highest BCUT2D eigenvalue weighted by molar-refractivity contribution is 7.94. The van der Waals surface area contributed by atoms with Crippen LogP contribution in [-0.2, 0) is 16.4 Å². The average molecular weight is 481 g/mol. The summed E-state index contributed by atoms with van der Waals surface area (Å²) in [5.41, 5.74) is 3.86. The van der Waals surface area contributed by atoms with Crippen molar-refractivity contribution in [3.63, 3.8) is 0 Å². The Morgan fingerprint density at radius 2 is 1.88 bits per heavy atom. The molecule has 0 aliphatic heterocycles. The lowest BCUT2D eigenvalue weighted by Crippen LogP contribution is -2.25. The van der Waals surface area contributed by atoms with Crippen LogP contribution in [0.1, 0.15) is 28.0 Å². The number of nitrogens with one attached hydrogen (secondary N) is 2. The number of aromatic nitrogens is 2. The second-order valence-electron chi connectivity index (χ2n) is 7.50. The highest BCUT2D eigenvalue weighted by atomic mass is 32.2. The Hall–Kier alpha value is -3.43. The van der Waals surface area contributed by atoms with Crippen molar-refractivity contribution in [1.29, 1.82) is 0 Å². The minimum atomic E-state index is -3.66. The van der Waals surface area contributed by atoms with Crippen LogP contribution < -0.4 is 10.0 Å². The van der Waals surface area contributed by atoms with Gasteiger partial charge in [0.25, 0.3) is 15.9 Å². The molecule has 170 valence electrons. The third kappa shape index (κ3) is 5.68. The number of amides is 1. The minimum absolute atomic E-state index is 0.225. The molecule has 0 atom stereocenters. The molecule has 0 aliphatic carbocycles. The van der Waals surface area contributed by atoms with Gasteiger partial charge in [0.1, 0.15) is 4.21 Å². The van der Waals surface area contributed by atoms with Crippen LogP contribution >= 0.6 is 11.3 Å². The van der Waals surface area contributed by atoms with E-state index in [2.05, 4.69) is 15.1 Å². The maximum atomic E-state index is 12.6. The molecule has 2 N–H and O–H groups in total. The Morgan fingerprint density at radius 1 is 1.06 bits per heavy atom. The Morgan fingerprint density at radius 3 is 2.64 bits per heavy atom. The van der Waals surface area contributed by atoms with Gasteiger partial charge in [0.2, 0.25) is 0 Å². The van der Waals surface area contributed by atoms with Gasteiger partial charge in [-0.1, -0.05) is 30.3 Å². The van der Waals surface area contributed by atoms with E-state index >= 15 is 0 Å². The van der Waals surface area contributed by atoms with Crippen LogP contribution in [0, 0.1) is 6.92 Å². The smallest absolute Gasteiger partial charge is 0.271 e. The van der Waals surface area contributed by atoms with Crippen molar-refractivity contribution in [1.82, 2.24) is 15.1 Å². The van der Waals surface area contributed by atoms with E-state index in [1.807, 2.05) is 48.1 Å². The molecule has 0 fully saturated rings. The summed E-state index contributed by atoms with van der Waals surface area (Å²) in [5.74, 6) is -0.246. The van der Waals surface area contributed by atoms with Gasteiger partial charge in [-0.05, 0) is 67.1 Å². The first-order valence-corrected chi connectivity index (χ1v) is 12.8. The van der Waals surface area contributed by atoms with Crippen LogP contribution in [0.25, 0.3) is 5.69 Å². The lowest BCUT2D eigenvalue weighted by molar-refractivity contribution is 0.0953. The molecule has 33 heavy (non-hydrogen) atoms. The first-order valence-electron chi connectivity index (χ1n) is 10.5. The normalized spacial score (nSPS) is 11.3. The van der Waals surface area contributed by atoms with E-state index < -0.39 is 10.0 Å². The first kappa shape index (κ1) is 22.8. The van der Waals surface area contributed by atoms with Gasteiger partial charge in [0.05, 0.1) is 11.4 Å². The zero-order chi connectivity index (χ0) is 23.3. The van der Waals surface area contributed by atoms with Crippen molar-refractivity contribution in [2.24, 2.45) is 0 Å². The highest BCUT2D eigenvalue weighted by Crippen LogP contribution is 2.21. The van der Waals surface area contributed by atoms with Crippen molar-refractivity contribution >= 4 is 33.0 Å². The molecule has 2 heterocycles. The summed E-state index contributed by atoms with van der Waals surface area (Å²) in [5, 5.41) is 9.18. The number of anilines is 1. The second-order valence-corrected chi connectivity index (χ2v) is 10.4. The SMILES string of the molecule is Cc1nn(-c2ccccc2)cc1CCCNC(=O)c1cccc(NS(=O)(=O)c2cccs2)c1. The molecule has 9 heteroatoms. The van der Waals surface area contributed by atoms with Gasteiger partial charge in [-0.3, -0.25) is 9.52 Å². The number of carbonyl (C=O) groups excluding carboxylic acids is 1. The predicted molar refractivity (Wildman–Crippen MR) is 131 cm³/mol. The van der Waals surface area contributed by atoms with Gasteiger partial charge in [0.15, 0.2) is 0 Å². The highest BCUT2D eigenvalue weighted by Gasteiger charge is 2.16. The van der Waals surface area contributed by atoms with Crippen LogP contribution in [0.5, 0.6) is 0 Å². The molecule has 0 saturated heterocycles. The second kappa shape index (κ2) is 10.0. The first-order chi connectivity index (χ1) is 15.9. The molecule has 7 nitrogen and oxygen atoms in total. The standard InChI is InChI=1S/C24H24N4O3S2/c1-18-20(17-28(26-18)22-11-3-2-4-12-22)9-6-14-25-24(29)19-8-5-10-21(16-19)27-33(30,31)23-13-7-15-32-23/h2-5,7-8,10-13,15-17,27H,6,9,14H2,1H3,(H,25,29). The summed E-state index contributed by atoms with van der Waals surface area (Å²) >= 11 is 1.14. The molecule has 0 unspecified atom stereocenters. The van der Waals surface area contributed by atoms with Crippen LogP contribution in [-0.4, -0.2) is 30.7 Å². The van der Waals surface area contributed by atoms with Crippen LogP contribution in [0.3, 0.4) is 0 Å². The zero-order valence-electron chi connectivity index (χ0n) is 18.1. The predicted octanol–water partition coefficient (Wildman–Crippen LogP) is 4.41. The Labute approximate surface area is 197 Å². The maximum Gasteiger partial charge on any atom is 0.271 e. The third-order valence-corrected chi connectivity index (χ3v) is 7.85. The number of thiophene rings is 1. The number of hydrogen-bond donors (Lipinski definition) is 2. The molecule has 0 bridgehead atoms. The molecular formula is C24H24N4O3S2. The summed E-state index contributed by atoms with van der Waals surface area (Å²) < 4.78 is 29.4. The molecule has 0 spiro atoms. The molecule has 4 rings (SSSR count). The van der Waals surface area contributed by atoms with E-state index in [1.54, 1.807) is 29.6 Å². The lowest BCUT2D eigenvalue weighted by atomic mass is 10.1. The van der Waals surface area contributed by atoms with Crippen LogP contribution in [0.15, 0.2) is 82.5 Å². The quantitative estimate of drug-likeness (QED) is 0.347. The van der Waals surface area contributed by atoms with E-state index in [0.29, 0.717) is 17.8 Å². The summed E-state index contributed by atoms with van der Waals surface area (Å²) in [6, 6.07) is 19.6. The van der Waals surface area contributed by atoms with Crippen molar-refractivity contribution in [2.75, 3.05) is 11.3 Å². The van der Waals surface area contributed by atoms with Gasteiger partial charge < -0.3 is 5.32 Å².